The largest absolute Gasteiger partial charge is 0.393 e. The van der Waals surface area contributed by atoms with Crippen LogP contribution in [0.3, 0.4) is 0 Å². The number of thiazole rings is 1. The molecule has 0 amide bonds. The lowest BCUT2D eigenvalue weighted by Crippen LogP contribution is -2.28. The Morgan fingerprint density at radius 1 is 1.00 bits per heavy atom. The van der Waals surface area contributed by atoms with Crippen molar-refractivity contribution in [3.05, 3.63) is 59.9 Å². The van der Waals surface area contributed by atoms with E-state index in [0.717, 1.165) is 52.6 Å². The summed E-state index contributed by atoms with van der Waals surface area (Å²) in [6.07, 6.45) is 6.43. The SMILES string of the molecule is N#Cc1cncc(-c2ccc3nc(Nc4cc(CO)cc(N[C@H]5CC[C@H](O)CC5)n4)sc3c2)c1. The molecule has 1 aliphatic rings. The number of aromatic nitrogens is 3. The molecule has 0 bridgehead atoms. The van der Waals surface area contributed by atoms with Crippen molar-refractivity contribution < 1.29 is 10.2 Å². The lowest BCUT2D eigenvalue weighted by molar-refractivity contribution is 0.126. The van der Waals surface area contributed by atoms with Crippen LogP contribution in [0.1, 0.15) is 36.8 Å². The normalized spacial score (nSPS) is 17.9. The highest BCUT2D eigenvalue weighted by Crippen LogP contribution is 2.32. The lowest BCUT2D eigenvalue weighted by atomic mass is 9.93. The molecule has 0 unspecified atom stereocenters. The van der Waals surface area contributed by atoms with Crippen molar-refractivity contribution in [1.82, 2.24) is 15.0 Å². The van der Waals surface area contributed by atoms with Crippen LogP contribution in [-0.4, -0.2) is 37.3 Å². The molecule has 9 heteroatoms. The zero-order valence-corrected chi connectivity index (χ0v) is 19.2. The standard InChI is InChI=1S/C25H24N6O2S/c26-11-16-7-18(13-27-12-16)17-1-6-21-22(10-17)34-25(29-21)31-24-9-15(14-32)8-23(30-24)28-19-2-4-20(33)5-3-19/h1,6-10,12-13,19-20,32-33H,2-5,14H2,(H2,28,29,30,31)/t19-,20-. The van der Waals surface area contributed by atoms with Crippen LogP contribution in [0.25, 0.3) is 21.3 Å². The molecule has 0 radical (unpaired) electrons. The third-order valence-electron chi connectivity index (χ3n) is 5.94. The minimum atomic E-state index is -0.210. The average molecular weight is 473 g/mol. The van der Waals surface area contributed by atoms with E-state index in [1.807, 2.05) is 36.4 Å². The van der Waals surface area contributed by atoms with E-state index in [2.05, 4.69) is 31.7 Å². The van der Waals surface area contributed by atoms with Gasteiger partial charge in [-0.15, -0.1) is 0 Å². The number of nitrogens with zero attached hydrogens (tertiary/aromatic N) is 4. The van der Waals surface area contributed by atoms with Crippen LogP contribution in [-0.2, 0) is 6.61 Å². The Labute approximate surface area is 201 Å². The van der Waals surface area contributed by atoms with Crippen molar-refractivity contribution in [2.24, 2.45) is 0 Å². The fraction of sp³-hybridized carbons (Fsp3) is 0.280. The van der Waals surface area contributed by atoms with E-state index in [9.17, 15) is 10.2 Å². The Morgan fingerprint density at radius 2 is 1.82 bits per heavy atom. The molecule has 5 rings (SSSR count). The molecule has 3 aromatic heterocycles. The number of nitriles is 1. The van der Waals surface area contributed by atoms with E-state index in [-0.39, 0.29) is 18.8 Å². The second-order valence-corrected chi connectivity index (χ2v) is 9.49. The number of aliphatic hydroxyl groups excluding tert-OH is 2. The second kappa shape index (κ2) is 9.73. The Balaban J connectivity index is 1.37. The van der Waals surface area contributed by atoms with Gasteiger partial charge in [-0.2, -0.15) is 5.26 Å². The Kier molecular flexibility index (Phi) is 6.36. The summed E-state index contributed by atoms with van der Waals surface area (Å²) in [6.45, 7) is -0.0890. The molecule has 1 fully saturated rings. The van der Waals surface area contributed by atoms with Gasteiger partial charge < -0.3 is 20.8 Å². The first kappa shape index (κ1) is 22.2. The smallest absolute Gasteiger partial charge is 0.189 e. The fourth-order valence-corrected chi connectivity index (χ4v) is 5.08. The highest BCUT2D eigenvalue weighted by molar-refractivity contribution is 7.22. The summed E-state index contributed by atoms with van der Waals surface area (Å²) in [5.74, 6) is 1.30. The van der Waals surface area contributed by atoms with Gasteiger partial charge >= 0.3 is 0 Å². The van der Waals surface area contributed by atoms with Gasteiger partial charge in [0.15, 0.2) is 5.13 Å². The van der Waals surface area contributed by atoms with Crippen LogP contribution in [0.5, 0.6) is 0 Å². The first-order valence-electron chi connectivity index (χ1n) is 11.2. The van der Waals surface area contributed by atoms with Crippen molar-refractivity contribution in [1.29, 1.82) is 5.26 Å². The van der Waals surface area contributed by atoms with E-state index < -0.39 is 0 Å². The van der Waals surface area contributed by atoms with Crippen molar-refractivity contribution in [3.8, 4) is 17.2 Å². The zero-order chi connectivity index (χ0) is 23.5. The van der Waals surface area contributed by atoms with Gasteiger partial charge in [-0.05, 0) is 67.1 Å². The minimum Gasteiger partial charge on any atom is -0.393 e. The summed E-state index contributed by atoms with van der Waals surface area (Å²) in [5.41, 5.74) is 3.99. The summed E-state index contributed by atoms with van der Waals surface area (Å²) < 4.78 is 1.000. The van der Waals surface area contributed by atoms with Crippen molar-refractivity contribution >= 4 is 38.3 Å². The molecule has 4 N–H and O–H groups in total. The van der Waals surface area contributed by atoms with Crippen LogP contribution in [0.15, 0.2) is 48.8 Å². The van der Waals surface area contributed by atoms with Crippen LogP contribution in [0.2, 0.25) is 0 Å². The second-order valence-electron chi connectivity index (χ2n) is 8.45. The number of pyridine rings is 2. The molecule has 1 aliphatic carbocycles. The predicted octanol–water partition coefficient (Wildman–Crippen LogP) is 4.58. The molecule has 4 aromatic rings. The highest BCUT2D eigenvalue weighted by Gasteiger charge is 2.20. The van der Waals surface area contributed by atoms with E-state index in [4.69, 9.17) is 5.26 Å². The highest BCUT2D eigenvalue weighted by atomic mass is 32.1. The fourth-order valence-electron chi connectivity index (χ4n) is 4.17. The van der Waals surface area contributed by atoms with E-state index >= 15 is 0 Å². The molecule has 3 heterocycles. The number of anilines is 3. The number of rotatable bonds is 6. The lowest BCUT2D eigenvalue weighted by Gasteiger charge is -2.26. The van der Waals surface area contributed by atoms with Gasteiger partial charge in [0, 0.05) is 24.0 Å². The summed E-state index contributed by atoms with van der Waals surface area (Å²) in [7, 11) is 0. The van der Waals surface area contributed by atoms with E-state index in [1.54, 1.807) is 12.4 Å². The molecule has 34 heavy (non-hydrogen) atoms. The number of benzene rings is 1. The van der Waals surface area contributed by atoms with Gasteiger partial charge in [0.05, 0.1) is 28.5 Å². The Hall–Kier alpha value is -3.58. The Morgan fingerprint density at radius 3 is 2.62 bits per heavy atom. The predicted molar refractivity (Wildman–Crippen MR) is 133 cm³/mol. The van der Waals surface area contributed by atoms with Gasteiger partial charge in [0.2, 0.25) is 0 Å². The van der Waals surface area contributed by atoms with Crippen molar-refractivity contribution in [3.63, 3.8) is 0 Å². The first-order valence-corrected chi connectivity index (χ1v) is 12.0. The van der Waals surface area contributed by atoms with Gasteiger partial charge in [-0.1, -0.05) is 17.4 Å². The first-order chi connectivity index (χ1) is 16.6. The van der Waals surface area contributed by atoms with Crippen molar-refractivity contribution in [2.45, 2.75) is 44.4 Å². The third-order valence-corrected chi connectivity index (χ3v) is 6.87. The number of nitrogens with one attached hydrogen (secondary N) is 2. The summed E-state index contributed by atoms with van der Waals surface area (Å²) in [4.78, 5) is 13.5. The molecular formula is C25H24N6O2S. The maximum absolute atomic E-state index is 9.74. The molecule has 0 spiro atoms. The summed E-state index contributed by atoms with van der Waals surface area (Å²) in [6, 6.07) is 13.8. The molecule has 8 nitrogen and oxygen atoms in total. The molecule has 172 valence electrons. The van der Waals surface area contributed by atoms with Crippen LogP contribution in [0, 0.1) is 11.3 Å². The van der Waals surface area contributed by atoms with Crippen LogP contribution in [0.4, 0.5) is 16.8 Å². The molecule has 0 atom stereocenters. The number of hydrogen-bond acceptors (Lipinski definition) is 9. The Bertz CT molecular complexity index is 1360. The van der Waals surface area contributed by atoms with E-state index in [0.29, 0.717) is 22.3 Å². The quantitative estimate of drug-likeness (QED) is 0.321. The number of fused-ring (bicyclic) bond motifs is 1. The summed E-state index contributed by atoms with van der Waals surface area (Å²) >= 11 is 1.51. The summed E-state index contributed by atoms with van der Waals surface area (Å²) in [5, 5.41) is 36.0. The van der Waals surface area contributed by atoms with Crippen LogP contribution >= 0.6 is 11.3 Å². The third kappa shape index (κ3) is 4.99. The maximum atomic E-state index is 9.74. The monoisotopic (exact) mass is 472 g/mol. The van der Waals surface area contributed by atoms with E-state index in [1.165, 1.54) is 11.3 Å². The molecule has 0 saturated heterocycles. The molecule has 0 aliphatic heterocycles. The molecule has 1 aromatic carbocycles. The van der Waals surface area contributed by atoms with Gasteiger partial charge in [0.1, 0.15) is 17.7 Å². The van der Waals surface area contributed by atoms with Gasteiger partial charge in [0.25, 0.3) is 0 Å². The molecular weight excluding hydrogens is 448 g/mol. The average Bonchev–Trinajstić information content (AvgIpc) is 3.26. The minimum absolute atomic E-state index is 0.0890. The number of aliphatic hydroxyl groups is 2. The zero-order valence-electron chi connectivity index (χ0n) is 18.4. The van der Waals surface area contributed by atoms with Crippen molar-refractivity contribution in [2.75, 3.05) is 10.6 Å². The topological polar surface area (TPSA) is 127 Å². The van der Waals surface area contributed by atoms with Gasteiger partial charge in [-0.25, -0.2) is 9.97 Å². The number of hydrogen-bond donors (Lipinski definition) is 4. The molecule has 1 saturated carbocycles. The van der Waals surface area contributed by atoms with Crippen LogP contribution < -0.4 is 10.6 Å². The van der Waals surface area contributed by atoms with Gasteiger partial charge in [-0.3, -0.25) is 4.98 Å². The maximum Gasteiger partial charge on any atom is 0.189 e.